The van der Waals surface area contributed by atoms with E-state index in [1.165, 1.54) is 6.33 Å². The van der Waals surface area contributed by atoms with Gasteiger partial charge < -0.3 is 9.84 Å². The van der Waals surface area contributed by atoms with E-state index in [0.29, 0.717) is 17.6 Å². The third kappa shape index (κ3) is 3.19. The normalized spacial score (nSPS) is 17.2. The van der Waals surface area contributed by atoms with Crippen LogP contribution in [-0.4, -0.2) is 31.2 Å². The molecule has 4 rings (SSSR count). The molecule has 1 fully saturated rings. The molecule has 1 N–H and O–H groups in total. The molecule has 0 spiro atoms. The fourth-order valence-electron chi connectivity index (χ4n) is 2.98. The van der Waals surface area contributed by atoms with Gasteiger partial charge in [-0.1, -0.05) is 24.1 Å². The first-order chi connectivity index (χ1) is 12.3. The molecule has 1 saturated heterocycles. The molecule has 3 heterocycles. The van der Waals surface area contributed by atoms with Crippen molar-refractivity contribution in [1.82, 2.24) is 19.5 Å². The molecule has 126 valence electrons. The maximum Gasteiger partial charge on any atom is 0.166 e. The van der Waals surface area contributed by atoms with Gasteiger partial charge in [0.25, 0.3) is 0 Å². The number of imidazole rings is 1. The number of rotatable bonds is 2. The Balaban J connectivity index is 1.62. The van der Waals surface area contributed by atoms with E-state index >= 15 is 0 Å². The Morgan fingerprint density at radius 1 is 1.20 bits per heavy atom. The summed E-state index contributed by atoms with van der Waals surface area (Å²) in [5.74, 6) is 6.36. The molecule has 0 aliphatic carbocycles. The lowest BCUT2D eigenvalue weighted by Gasteiger charge is -2.23. The van der Waals surface area contributed by atoms with Gasteiger partial charge in [0.1, 0.15) is 29.5 Å². The summed E-state index contributed by atoms with van der Waals surface area (Å²) in [6, 6.07) is 7.19. The number of phenolic OH excluding ortho intramolecular Hbond substituents is 1. The van der Waals surface area contributed by atoms with Crippen molar-refractivity contribution in [2.24, 2.45) is 0 Å². The van der Waals surface area contributed by atoms with Gasteiger partial charge >= 0.3 is 0 Å². The molecule has 1 aliphatic rings. The van der Waals surface area contributed by atoms with Crippen LogP contribution in [0.5, 0.6) is 5.75 Å². The number of hydrogen-bond acceptors (Lipinski definition) is 5. The van der Waals surface area contributed by atoms with Crippen molar-refractivity contribution in [3.05, 3.63) is 48.2 Å². The second-order valence-corrected chi connectivity index (χ2v) is 5.97. The number of aromatic nitrogens is 4. The molecular weight excluding hydrogens is 316 g/mol. The Bertz CT molecular complexity index is 949. The van der Waals surface area contributed by atoms with Crippen LogP contribution in [0.25, 0.3) is 11.2 Å². The van der Waals surface area contributed by atoms with E-state index in [4.69, 9.17) is 4.74 Å². The first-order valence-corrected chi connectivity index (χ1v) is 8.38. The van der Waals surface area contributed by atoms with Crippen LogP contribution >= 0.6 is 0 Å². The SMILES string of the molecule is Oc1ccccc1CC#Cc1ncnc2c1ncn2C1CCCCO1. The second-order valence-electron chi connectivity index (χ2n) is 5.97. The summed E-state index contributed by atoms with van der Waals surface area (Å²) >= 11 is 0. The van der Waals surface area contributed by atoms with Crippen LogP contribution in [0, 0.1) is 11.8 Å². The van der Waals surface area contributed by atoms with Crippen molar-refractivity contribution < 1.29 is 9.84 Å². The molecule has 3 aromatic rings. The number of aromatic hydroxyl groups is 1. The molecule has 25 heavy (non-hydrogen) atoms. The van der Waals surface area contributed by atoms with Gasteiger partial charge in [-0.2, -0.15) is 0 Å². The minimum atomic E-state index is -0.0178. The zero-order chi connectivity index (χ0) is 17.1. The van der Waals surface area contributed by atoms with Crippen LogP contribution in [0.1, 0.15) is 36.7 Å². The first-order valence-electron chi connectivity index (χ1n) is 8.38. The number of benzene rings is 1. The Morgan fingerprint density at radius 3 is 2.96 bits per heavy atom. The molecule has 6 nitrogen and oxygen atoms in total. The lowest BCUT2D eigenvalue weighted by molar-refractivity contribution is -0.0298. The summed E-state index contributed by atoms with van der Waals surface area (Å²) in [6.45, 7) is 0.767. The van der Waals surface area contributed by atoms with E-state index in [-0.39, 0.29) is 12.0 Å². The molecule has 1 aromatic carbocycles. The van der Waals surface area contributed by atoms with Crippen molar-refractivity contribution in [3.63, 3.8) is 0 Å². The quantitative estimate of drug-likeness (QED) is 0.730. The minimum absolute atomic E-state index is 0.0178. The summed E-state index contributed by atoms with van der Waals surface area (Å²) in [5.41, 5.74) is 2.81. The van der Waals surface area contributed by atoms with Crippen molar-refractivity contribution >= 4 is 11.2 Å². The van der Waals surface area contributed by atoms with E-state index in [0.717, 1.165) is 37.1 Å². The van der Waals surface area contributed by atoms with Crippen LogP contribution in [0.4, 0.5) is 0 Å². The largest absolute Gasteiger partial charge is 0.508 e. The number of hydrogen-bond donors (Lipinski definition) is 1. The van der Waals surface area contributed by atoms with Crippen LogP contribution in [0.2, 0.25) is 0 Å². The molecule has 0 bridgehead atoms. The van der Waals surface area contributed by atoms with Gasteiger partial charge in [-0.25, -0.2) is 15.0 Å². The molecule has 1 aliphatic heterocycles. The Hall–Kier alpha value is -2.91. The number of para-hydroxylation sites is 1. The van der Waals surface area contributed by atoms with E-state index in [1.54, 1.807) is 18.5 Å². The fraction of sp³-hybridized carbons (Fsp3) is 0.316. The van der Waals surface area contributed by atoms with E-state index in [9.17, 15) is 5.11 Å². The highest BCUT2D eigenvalue weighted by molar-refractivity contribution is 5.76. The summed E-state index contributed by atoms with van der Waals surface area (Å²) in [4.78, 5) is 13.1. The summed E-state index contributed by atoms with van der Waals surface area (Å²) in [6.07, 6.45) is 6.89. The first kappa shape index (κ1) is 15.6. The summed E-state index contributed by atoms with van der Waals surface area (Å²) < 4.78 is 7.78. The van der Waals surface area contributed by atoms with Crippen molar-refractivity contribution in [2.45, 2.75) is 31.9 Å². The van der Waals surface area contributed by atoms with Crippen molar-refractivity contribution in [1.29, 1.82) is 0 Å². The number of ether oxygens (including phenoxy) is 1. The van der Waals surface area contributed by atoms with Crippen molar-refractivity contribution in [3.8, 4) is 17.6 Å². The number of fused-ring (bicyclic) bond motifs is 1. The third-order valence-electron chi connectivity index (χ3n) is 4.30. The predicted molar refractivity (Wildman–Crippen MR) is 92.9 cm³/mol. The predicted octanol–water partition coefficient (Wildman–Crippen LogP) is 2.83. The third-order valence-corrected chi connectivity index (χ3v) is 4.30. The van der Waals surface area contributed by atoms with Gasteiger partial charge in [0.15, 0.2) is 5.65 Å². The van der Waals surface area contributed by atoms with Gasteiger partial charge in [-0.05, 0) is 31.2 Å². The molecule has 0 radical (unpaired) electrons. The van der Waals surface area contributed by atoms with E-state index < -0.39 is 0 Å². The highest BCUT2D eigenvalue weighted by Crippen LogP contribution is 2.25. The summed E-state index contributed by atoms with van der Waals surface area (Å²) in [5, 5.41) is 9.80. The molecule has 1 unspecified atom stereocenters. The van der Waals surface area contributed by atoms with Crippen molar-refractivity contribution in [2.75, 3.05) is 6.61 Å². The molecule has 0 saturated carbocycles. The highest BCUT2D eigenvalue weighted by Gasteiger charge is 2.19. The standard InChI is InChI=1S/C19H18N4O2/c24-16-9-2-1-6-14(16)7-5-8-15-18-19(21-12-20-15)23(13-22-18)17-10-3-4-11-25-17/h1-2,6,9,12-13,17,24H,3-4,7,10-11H2. The molecule has 6 heteroatoms. The average Bonchev–Trinajstić information content (AvgIpc) is 3.09. The Kier molecular flexibility index (Phi) is 4.32. The highest BCUT2D eigenvalue weighted by atomic mass is 16.5. The molecule has 1 atom stereocenters. The minimum Gasteiger partial charge on any atom is -0.508 e. The maximum atomic E-state index is 9.80. The smallest absolute Gasteiger partial charge is 0.166 e. The number of nitrogens with zero attached hydrogens (tertiary/aromatic N) is 4. The molecule has 0 amide bonds. The van der Waals surface area contributed by atoms with Gasteiger partial charge in [0, 0.05) is 18.6 Å². The fourth-order valence-corrected chi connectivity index (χ4v) is 2.98. The topological polar surface area (TPSA) is 73.1 Å². The van der Waals surface area contributed by atoms with E-state index in [1.807, 2.05) is 16.7 Å². The van der Waals surface area contributed by atoms with Gasteiger partial charge in [-0.3, -0.25) is 4.57 Å². The van der Waals surface area contributed by atoms with Crippen LogP contribution in [0.3, 0.4) is 0 Å². The zero-order valence-corrected chi connectivity index (χ0v) is 13.7. The summed E-state index contributed by atoms with van der Waals surface area (Å²) in [7, 11) is 0. The van der Waals surface area contributed by atoms with Gasteiger partial charge in [0.05, 0.1) is 6.33 Å². The monoisotopic (exact) mass is 334 g/mol. The maximum absolute atomic E-state index is 9.80. The molecule has 2 aromatic heterocycles. The van der Waals surface area contributed by atoms with Crippen LogP contribution < -0.4 is 0 Å². The van der Waals surface area contributed by atoms with E-state index in [2.05, 4.69) is 26.8 Å². The van der Waals surface area contributed by atoms with Gasteiger partial charge in [-0.15, -0.1) is 0 Å². The molecular formula is C19H18N4O2. The average molecular weight is 334 g/mol. The van der Waals surface area contributed by atoms with Gasteiger partial charge in [0.2, 0.25) is 0 Å². The lowest BCUT2D eigenvalue weighted by Crippen LogP contribution is -2.17. The zero-order valence-electron chi connectivity index (χ0n) is 13.7. The Labute approximate surface area is 145 Å². The van der Waals surface area contributed by atoms with Crippen LogP contribution in [0.15, 0.2) is 36.9 Å². The van der Waals surface area contributed by atoms with Crippen LogP contribution in [-0.2, 0) is 11.2 Å². The second kappa shape index (κ2) is 6.91. The Morgan fingerprint density at radius 2 is 2.12 bits per heavy atom. The number of phenols is 1. The lowest BCUT2D eigenvalue weighted by atomic mass is 10.1.